The Morgan fingerprint density at radius 1 is 1.21 bits per heavy atom. The van der Waals surface area contributed by atoms with Crippen LogP contribution in [0.25, 0.3) is 16.7 Å². The first kappa shape index (κ1) is 21.0. The third kappa shape index (κ3) is 3.53. The van der Waals surface area contributed by atoms with Gasteiger partial charge in [-0.3, -0.25) is 9.36 Å². The summed E-state index contributed by atoms with van der Waals surface area (Å²) in [5.74, 6) is -1.62. The van der Waals surface area contributed by atoms with E-state index in [2.05, 4.69) is 0 Å². The van der Waals surface area contributed by atoms with Gasteiger partial charge in [0.1, 0.15) is 11.4 Å². The highest BCUT2D eigenvalue weighted by molar-refractivity contribution is 6.38. The van der Waals surface area contributed by atoms with Crippen molar-refractivity contribution in [1.29, 1.82) is 0 Å². The highest BCUT2D eigenvalue weighted by atomic mass is 35.5. The van der Waals surface area contributed by atoms with Gasteiger partial charge >= 0.3 is 17.8 Å². The lowest BCUT2D eigenvalue weighted by molar-refractivity contribution is -0.144. The smallest absolute Gasteiger partial charge is 0.431 e. The Hall–Kier alpha value is -2.72. The Morgan fingerprint density at radius 3 is 2.45 bits per heavy atom. The summed E-state index contributed by atoms with van der Waals surface area (Å²) in [6.07, 6.45) is -4.94. The molecule has 0 aliphatic rings. The number of aromatic nitrogens is 2. The summed E-state index contributed by atoms with van der Waals surface area (Å²) < 4.78 is 50.2. The molecule has 3 aromatic rings. The molecule has 0 amide bonds. The minimum Gasteiger partial charge on any atom is -0.460 e. The summed E-state index contributed by atoms with van der Waals surface area (Å²) in [6.45, 7) is 1.44. The van der Waals surface area contributed by atoms with Crippen molar-refractivity contribution in [2.24, 2.45) is 7.05 Å². The van der Waals surface area contributed by atoms with Gasteiger partial charge < -0.3 is 9.15 Å². The quantitative estimate of drug-likeness (QED) is 0.566. The van der Waals surface area contributed by atoms with E-state index in [4.69, 9.17) is 32.4 Å². The molecule has 0 unspecified atom stereocenters. The van der Waals surface area contributed by atoms with Crippen LogP contribution in [0.5, 0.6) is 0 Å². The number of halogens is 5. The Kier molecular flexibility index (Phi) is 5.26. The van der Waals surface area contributed by atoms with Crippen molar-refractivity contribution in [3.05, 3.63) is 60.5 Å². The van der Waals surface area contributed by atoms with E-state index in [1.54, 1.807) is 0 Å². The Labute approximate surface area is 169 Å². The predicted molar refractivity (Wildman–Crippen MR) is 98.0 cm³/mol. The molecule has 0 fully saturated rings. The highest BCUT2D eigenvalue weighted by Crippen LogP contribution is 2.36. The Morgan fingerprint density at radius 2 is 1.86 bits per heavy atom. The van der Waals surface area contributed by atoms with Crippen molar-refractivity contribution in [2.75, 3.05) is 6.61 Å². The standard InChI is InChI=1S/C17H11Cl2F3N2O5/c1-3-28-15(26)14-12(8-4-7(18)5-9(19)13(8)29-14)24-11(25)6-10(17(20,21)22)23(2)16(24)27/h4-6H,3H2,1-2H3. The monoisotopic (exact) mass is 450 g/mol. The molecule has 0 atom stereocenters. The minimum atomic E-state index is -4.94. The second-order valence-corrected chi connectivity index (χ2v) is 6.65. The number of ether oxygens (including phenoxy) is 1. The molecule has 2 heterocycles. The first-order valence-electron chi connectivity index (χ1n) is 7.96. The molecule has 0 saturated carbocycles. The zero-order valence-electron chi connectivity index (χ0n) is 14.8. The molecule has 0 saturated heterocycles. The van der Waals surface area contributed by atoms with E-state index in [1.807, 2.05) is 0 Å². The summed E-state index contributed by atoms with van der Waals surface area (Å²) in [6, 6.07) is 2.79. The van der Waals surface area contributed by atoms with Crippen LogP contribution in [0.1, 0.15) is 23.2 Å². The number of hydrogen-bond donors (Lipinski definition) is 0. The van der Waals surface area contributed by atoms with Gasteiger partial charge in [0.15, 0.2) is 5.58 Å². The molecule has 0 N–H and O–H groups in total. The first-order chi connectivity index (χ1) is 13.5. The zero-order valence-corrected chi connectivity index (χ0v) is 16.3. The number of carbonyl (C=O) groups excluding carboxylic acids is 1. The fraction of sp³-hybridized carbons (Fsp3) is 0.235. The fourth-order valence-electron chi connectivity index (χ4n) is 2.77. The van der Waals surface area contributed by atoms with Gasteiger partial charge in [0.05, 0.1) is 11.6 Å². The molecular weight excluding hydrogens is 440 g/mol. The third-order valence-corrected chi connectivity index (χ3v) is 4.48. The van der Waals surface area contributed by atoms with E-state index >= 15 is 0 Å². The molecule has 3 rings (SSSR count). The average molecular weight is 451 g/mol. The zero-order chi connectivity index (χ0) is 21.7. The molecule has 7 nitrogen and oxygen atoms in total. The summed E-state index contributed by atoms with van der Waals surface area (Å²) in [7, 11) is 0.841. The average Bonchev–Trinajstić information content (AvgIpc) is 2.97. The second kappa shape index (κ2) is 7.27. The van der Waals surface area contributed by atoms with Crippen molar-refractivity contribution in [3.8, 4) is 5.69 Å². The lowest BCUT2D eigenvalue weighted by atomic mass is 10.2. The maximum absolute atomic E-state index is 13.1. The molecule has 0 radical (unpaired) electrons. The van der Waals surface area contributed by atoms with Crippen LogP contribution in [0, 0.1) is 0 Å². The van der Waals surface area contributed by atoms with Crippen molar-refractivity contribution in [2.45, 2.75) is 13.1 Å². The van der Waals surface area contributed by atoms with Gasteiger partial charge in [-0.1, -0.05) is 23.2 Å². The van der Waals surface area contributed by atoms with E-state index in [0.717, 1.165) is 7.05 Å². The molecule has 154 valence electrons. The van der Waals surface area contributed by atoms with E-state index < -0.39 is 40.5 Å². The van der Waals surface area contributed by atoms with E-state index in [0.29, 0.717) is 4.57 Å². The molecule has 1 aromatic carbocycles. The van der Waals surface area contributed by atoms with Gasteiger partial charge in [0, 0.05) is 23.5 Å². The van der Waals surface area contributed by atoms with Crippen molar-refractivity contribution < 1.29 is 27.1 Å². The molecule has 0 bridgehead atoms. The number of benzene rings is 1. The predicted octanol–water partition coefficient (Wildman–Crippen LogP) is 3.78. The molecule has 0 aliphatic carbocycles. The van der Waals surface area contributed by atoms with Gasteiger partial charge in [-0.2, -0.15) is 13.2 Å². The highest BCUT2D eigenvalue weighted by Gasteiger charge is 2.36. The van der Waals surface area contributed by atoms with Gasteiger partial charge in [0.2, 0.25) is 5.76 Å². The molecule has 0 aliphatic heterocycles. The summed E-state index contributed by atoms with van der Waals surface area (Å²) in [4.78, 5) is 37.5. The van der Waals surface area contributed by atoms with Crippen LogP contribution in [-0.2, 0) is 18.0 Å². The van der Waals surface area contributed by atoms with Crippen LogP contribution in [0.4, 0.5) is 13.2 Å². The van der Waals surface area contributed by atoms with E-state index in [-0.39, 0.29) is 38.3 Å². The minimum absolute atomic E-state index is 0.0236. The first-order valence-corrected chi connectivity index (χ1v) is 8.72. The number of rotatable bonds is 3. The number of nitrogens with zero attached hydrogens (tertiary/aromatic N) is 2. The summed E-state index contributed by atoms with van der Waals surface area (Å²) >= 11 is 12.0. The van der Waals surface area contributed by atoms with Crippen LogP contribution in [0.2, 0.25) is 10.0 Å². The number of hydrogen-bond acceptors (Lipinski definition) is 5. The van der Waals surface area contributed by atoms with Crippen molar-refractivity contribution in [1.82, 2.24) is 9.13 Å². The molecule has 2 aromatic heterocycles. The van der Waals surface area contributed by atoms with E-state index in [1.165, 1.54) is 19.1 Å². The number of carbonyl (C=O) groups is 1. The number of esters is 1. The number of furan rings is 1. The van der Waals surface area contributed by atoms with Gasteiger partial charge in [-0.05, 0) is 19.1 Å². The van der Waals surface area contributed by atoms with Crippen LogP contribution < -0.4 is 11.2 Å². The molecule has 0 spiro atoms. The number of fused-ring (bicyclic) bond motifs is 1. The Balaban J connectivity index is 2.49. The van der Waals surface area contributed by atoms with Crippen LogP contribution in [0.15, 0.2) is 32.2 Å². The topological polar surface area (TPSA) is 83.4 Å². The fourth-order valence-corrected chi connectivity index (χ4v) is 3.31. The van der Waals surface area contributed by atoms with Crippen LogP contribution in [0.3, 0.4) is 0 Å². The number of alkyl halides is 3. The van der Waals surface area contributed by atoms with Crippen LogP contribution >= 0.6 is 23.2 Å². The maximum atomic E-state index is 13.1. The maximum Gasteiger partial charge on any atom is 0.431 e. The third-order valence-electron chi connectivity index (χ3n) is 3.98. The van der Waals surface area contributed by atoms with Crippen LogP contribution in [-0.4, -0.2) is 21.7 Å². The Bertz CT molecular complexity index is 1260. The normalized spacial score (nSPS) is 11.8. The van der Waals surface area contributed by atoms with Crippen molar-refractivity contribution in [3.63, 3.8) is 0 Å². The SMILES string of the molecule is CCOC(=O)c1oc2c(Cl)cc(Cl)cc2c1-n1c(=O)cc(C(F)(F)F)n(C)c1=O. The molecule has 29 heavy (non-hydrogen) atoms. The van der Waals surface area contributed by atoms with Gasteiger partial charge in [0.25, 0.3) is 5.56 Å². The van der Waals surface area contributed by atoms with Gasteiger partial charge in [-0.15, -0.1) is 0 Å². The lowest BCUT2D eigenvalue weighted by Crippen LogP contribution is -2.41. The summed E-state index contributed by atoms with van der Waals surface area (Å²) in [5.41, 5.74) is -4.64. The molecule has 12 heteroatoms. The van der Waals surface area contributed by atoms with Crippen molar-refractivity contribution >= 4 is 40.1 Å². The largest absolute Gasteiger partial charge is 0.460 e. The summed E-state index contributed by atoms with van der Waals surface area (Å²) in [5, 5.41) is 0.0161. The van der Waals surface area contributed by atoms with E-state index in [9.17, 15) is 27.6 Å². The van der Waals surface area contributed by atoms with Gasteiger partial charge in [-0.25, -0.2) is 14.2 Å². The second-order valence-electron chi connectivity index (χ2n) is 5.81. The lowest BCUT2D eigenvalue weighted by Gasteiger charge is -2.14. The molecular formula is C17H11Cl2F3N2O5.